The third kappa shape index (κ3) is 5.31. The molecule has 0 atom stereocenters. The molecule has 0 aliphatic rings. The quantitative estimate of drug-likeness (QED) is 0.692. The van der Waals surface area contributed by atoms with Crippen molar-refractivity contribution in [3.8, 4) is 0 Å². The molecular weight excluding hydrogens is 280 g/mol. The topological polar surface area (TPSA) is 52.0 Å². The van der Waals surface area contributed by atoms with Crippen LogP contribution in [0.3, 0.4) is 0 Å². The maximum Gasteiger partial charge on any atom is 0.0384 e. The van der Waals surface area contributed by atoms with Crippen LogP contribution in [-0.4, -0.2) is 0 Å². The Hall–Kier alpha value is -1.96. The first kappa shape index (κ1) is 19.1. The first-order valence-electron chi connectivity index (χ1n) is 8.48. The van der Waals surface area contributed by atoms with Crippen LogP contribution >= 0.6 is 0 Å². The maximum absolute atomic E-state index is 6.09. The van der Waals surface area contributed by atoms with Gasteiger partial charge in [-0.2, -0.15) is 0 Å². The van der Waals surface area contributed by atoms with Gasteiger partial charge in [0.05, 0.1) is 0 Å². The van der Waals surface area contributed by atoms with Crippen molar-refractivity contribution in [2.75, 3.05) is 11.5 Å². The molecule has 2 heteroatoms. The van der Waals surface area contributed by atoms with E-state index in [2.05, 4.69) is 65.8 Å². The van der Waals surface area contributed by atoms with Gasteiger partial charge in [-0.05, 0) is 40.5 Å². The van der Waals surface area contributed by atoms with Gasteiger partial charge in [-0.15, -0.1) is 0 Å². The highest BCUT2D eigenvalue weighted by atomic mass is 14.6. The molecule has 0 spiro atoms. The monoisotopic (exact) mass is 312 g/mol. The number of anilines is 2. The van der Waals surface area contributed by atoms with Crippen molar-refractivity contribution >= 4 is 11.4 Å². The molecule has 126 valence electrons. The Balaban J connectivity index is 0.000000238. The van der Waals surface area contributed by atoms with Crippen LogP contribution in [0, 0.1) is 0 Å². The van der Waals surface area contributed by atoms with E-state index in [-0.39, 0.29) is 0 Å². The molecule has 0 amide bonds. The van der Waals surface area contributed by atoms with E-state index in [1.807, 2.05) is 18.2 Å². The number of rotatable bonds is 3. The van der Waals surface area contributed by atoms with Gasteiger partial charge in [0, 0.05) is 11.4 Å². The Bertz CT molecular complexity index is 587. The molecule has 23 heavy (non-hydrogen) atoms. The molecule has 0 unspecified atom stereocenters. The average Bonchev–Trinajstić information content (AvgIpc) is 2.47. The van der Waals surface area contributed by atoms with Crippen molar-refractivity contribution in [1.82, 2.24) is 0 Å². The molecule has 2 aromatic carbocycles. The minimum absolute atomic E-state index is 0.513. The number of nitrogens with two attached hydrogens (primary N) is 2. The second kappa shape index (κ2) is 8.61. The molecule has 0 radical (unpaired) electrons. The predicted molar refractivity (Wildman–Crippen MR) is 104 cm³/mol. The molecule has 2 nitrogen and oxygen atoms in total. The Kier molecular flexibility index (Phi) is 7.15. The number of hydrogen-bond donors (Lipinski definition) is 2. The smallest absolute Gasteiger partial charge is 0.0384 e. The first-order valence-corrected chi connectivity index (χ1v) is 8.48. The van der Waals surface area contributed by atoms with Crippen LogP contribution in [0.1, 0.15) is 76.0 Å². The second-order valence-electron chi connectivity index (χ2n) is 6.94. The minimum atomic E-state index is 0.513. The molecule has 0 fully saturated rings. The Morgan fingerprint density at radius 2 is 0.957 bits per heavy atom. The number of para-hydroxylation sites is 2. The highest BCUT2D eigenvalue weighted by molar-refractivity contribution is 5.56. The van der Waals surface area contributed by atoms with Crippen molar-refractivity contribution < 1.29 is 0 Å². The number of benzene rings is 2. The Morgan fingerprint density at radius 1 is 0.565 bits per heavy atom. The fourth-order valence-electron chi connectivity index (χ4n) is 2.65. The maximum atomic E-state index is 6.09. The highest BCUT2D eigenvalue weighted by Gasteiger charge is 2.09. The lowest BCUT2D eigenvalue weighted by Crippen LogP contribution is -2.02. The third-order valence-electron chi connectivity index (χ3n) is 4.04. The van der Waals surface area contributed by atoms with E-state index in [9.17, 15) is 0 Å². The summed E-state index contributed by atoms with van der Waals surface area (Å²) in [6, 6.07) is 14.3. The van der Waals surface area contributed by atoms with Crippen LogP contribution in [0.4, 0.5) is 11.4 Å². The van der Waals surface area contributed by atoms with Crippen LogP contribution < -0.4 is 11.5 Å². The van der Waals surface area contributed by atoms with Crippen molar-refractivity contribution in [2.24, 2.45) is 0 Å². The van der Waals surface area contributed by atoms with Crippen molar-refractivity contribution in [3.05, 3.63) is 59.2 Å². The summed E-state index contributed by atoms with van der Waals surface area (Å²) < 4.78 is 0. The summed E-state index contributed by atoms with van der Waals surface area (Å²) in [5.41, 5.74) is 17.5. The number of hydrogen-bond acceptors (Lipinski definition) is 2. The molecule has 0 saturated heterocycles. The largest absolute Gasteiger partial charge is 0.398 e. The summed E-state index contributed by atoms with van der Waals surface area (Å²) in [6.45, 7) is 13.0. The molecule has 0 aliphatic carbocycles. The lowest BCUT2D eigenvalue weighted by Gasteiger charge is -2.15. The van der Waals surface area contributed by atoms with E-state index in [0.717, 1.165) is 11.4 Å². The van der Waals surface area contributed by atoms with E-state index < -0.39 is 0 Å². The fraction of sp³-hybridized carbons (Fsp3) is 0.429. The van der Waals surface area contributed by atoms with Gasteiger partial charge in [-0.25, -0.2) is 0 Å². The van der Waals surface area contributed by atoms with Gasteiger partial charge in [0.25, 0.3) is 0 Å². The van der Waals surface area contributed by atoms with Crippen LogP contribution in [0.25, 0.3) is 0 Å². The molecule has 2 aromatic rings. The van der Waals surface area contributed by atoms with E-state index in [4.69, 9.17) is 11.5 Å². The van der Waals surface area contributed by atoms with Crippen LogP contribution in [0.2, 0.25) is 0 Å². The highest BCUT2D eigenvalue weighted by Crippen LogP contribution is 2.29. The van der Waals surface area contributed by atoms with Gasteiger partial charge in [-0.3, -0.25) is 0 Å². The van der Waals surface area contributed by atoms with Gasteiger partial charge in [0.15, 0.2) is 0 Å². The summed E-state index contributed by atoms with van der Waals surface area (Å²) >= 11 is 0. The summed E-state index contributed by atoms with van der Waals surface area (Å²) in [7, 11) is 0. The molecule has 0 bridgehead atoms. The fourth-order valence-corrected chi connectivity index (χ4v) is 2.65. The summed E-state index contributed by atoms with van der Waals surface area (Å²) in [6.07, 6.45) is 0. The van der Waals surface area contributed by atoms with Crippen LogP contribution in [0.15, 0.2) is 42.5 Å². The van der Waals surface area contributed by atoms with Gasteiger partial charge in [0.2, 0.25) is 0 Å². The molecular formula is C21H32N2. The van der Waals surface area contributed by atoms with E-state index >= 15 is 0 Å². The first-order chi connectivity index (χ1) is 10.8. The summed E-state index contributed by atoms with van der Waals surface area (Å²) in [4.78, 5) is 0. The number of nitrogen functional groups attached to an aromatic ring is 2. The molecule has 0 aliphatic heterocycles. The molecule has 4 N–H and O–H groups in total. The van der Waals surface area contributed by atoms with E-state index in [1.54, 1.807) is 0 Å². The summed E-state index contributed by atoms with van der Waals surface area (Å²) in [5, 5.41) is 0. The zero-order chi connectivity index (χ0) is 17.6. The van der Waals surface area contributed by atoms with Gasteiger partial charge in [-0.1, -0.05) is 77.9 Å². The second-order valence-corrected chi connectivity index (χ2v) is 6.94. The van der Waals surface area contributed by atoms with Crippen molar-refractivity contribution in [3.63, 3.8) is 0 Å². The van der Waals surface area contributed by atoms with Crippen LogP contribution in [0.5, 0.6) is 0 Å². The molecule has 2 rings (SSSR count). The Morgan fingerprint density at radius 3 is 1.30 bits per heavy atom. The Labute approximate surface area is 141 Å². The van der Waals surface area contributed by atoms with Crippen LogP contribution in [-0.2, 0) is 0 Å². The van der Waals surface area contributed by atoms with E-state index in [1.165, 1.54) is 16.7 Å². The molecule has 0 heterocycles. The van der Waals surface area contributed by atoms with Crippen molar-refractivity contribution in [1.29, 1.82) is 0 Å². The minimum Gasteiger partial charge on any atom is -0.398 e. The molecule has 0 saturated carbocycles. The lowest BCUT2D eigenvalue weighted by molar-refractivity contribution is 0.840. The van der Waals surface area contributed by atoms with E-state index in [0.29, 0.717) is 17.8 Å². The normalized spacial score (nSPS) is 10.8. The zero-order valence-electron chi connectivity index (χ0n) is 15.4. The predicted octanol–water partition coefficient (Wildman–Crippen LogP) is 5.91. The van der Waals surface area contributed by atoms with Crippen molar-refractivity contribution in [2.45, 2.75) is 59.3 Å². The molecule has 0 aromatic heterocycles. The standard InChI is InChI=1S/C12H19N.C9H13N/c1-8(2)10-6-5-7-11(9(3)4)12(10)13;1-7(2)8-5-3-4-6-9(8)10/h5-9H,13H2,1-4H3;3-7H,10H2,1-2H3. The van der Waals surface area contributed by atoms with Gasteiger partial charge < -0.3 is 11.5 Å². The van der Waals surface area contributed by atoms with Gasteiger partial charge >= 0.3 is 0 Å². The van der Waals surface area contributed by atoms with Gasteiger partial charge in [0.1, 0.15) is 0 Å². The SMILES string of the molecule is CC(C)c1cccc(C(C)C)c1N.CC(C)c1ccccc1N. The summed E-state index contributed by atoms with van der Waals surface area (Å²) in [5.74, 6) is 1.55. The average molecular weight is 313 g/mol. The zero-order valence-corrected chi connectivity index (χ0v) is 15.4. The lowest BCUT2D eigenvalue weighted by atomic mass is 9.93. The third-order valence-corrected chi connectivity index (χ3v) is 4.04.